The number of rotatable bonds is 8. The lowest BCUT2D eigenvalue weighted by atomic mass is 9.94. The average molecular weight is 537 g/mol. The van der Waals surface area contributed by atoms with Gasteiger partial charge >= 0.3 is 0 Å². The van der Waals surface area contributed by atoms with Crippen LogP contribution in [0.15, 0.2) is 66.2 Å². The highest BCUT2D eigenvalue weighted by atomic mass is 35.5. The Bertz CT molecular complexity index is 1400. The van der Waals surface area contributed by atoms with E-state index in [1.54, 1.807) is 36.4 Å². The molecular weight excluding hydrogens is 508 g/mol. The first-order chi connectivity index (χ1) is 18.2. The van der Waals surface area contributed by atoms with Crippen molar-refractivity contribution in [1.29, 1.82) is 0 Å². The fourth-order valence-corrected chi connectivity index (χ4v) is 4.70. The van der Waals surface area contributed by atoms with Gasteiger partial charge in [-0.1, -0.05) is 23.7 Å². The van der Waals surface area contributed by atoms with Crippen LogP contribution in [0.1, 0.15) is 24.1 Å². The molecule has 1 aliphatic heterocycles. The van der Waals surface area contributed by atoms with Crippen molar-refractivity contribution in [1.82, 2.24) is 0 Å². The molecule has 9 heteroatoms. The van der Waals surface area contributed by atoms with E-state index >= 15 is 0 Å². The maximum atomic E-state index is 13.5. The van der Waals surface area contributed by atoms with Crippen LogP contribution in [0.5, 0.6) is 17.2 Å². The van der Waals surface area contributed by atoms with Gasteiger partial charge in [-0.25, -0.2) is 0 Å². The zero-order chi connectivity index (χ0) is 27.6. The summed E-state index contributed by atoms with van der Waals surface area (Å²) in [5, 5.41) is 11.8. The third-order valence-electron chi connectivity index (χ3n) is 6.30. The van der Waals surface area contributed by atoms with Crippen molar-refractivity contribution in [2.24, 2.45) is 0 Å². The Kier molecular flexibility index (Phi) is 7.83. The molecular formula is C29H29ClN2O6. The minimum atomic E-state index is -0.939. The Morgan fingerprint density at radius 3 is 2.29 bits per heavy atom. The summed E-state index contributed by atoms with van der Waals surface area (Å²) >= 11 is 6.35. The number of Topliss-reactive ketones (excluding diaryl/α,β-unsaturated/α-hetero) is 1. The molecule has 1 atom stereocenters. The fourth-order valence-electron chi connectivity index (χ4n) is 4.46. The van der Waals surface area contributed by atoms with E-state index in [1.165, 1.54) is 31.3 Å². The summed E-state index contributed by atoms with van der Waals surface area (Å²) in [4.78, 5) is 30.3. The normalized spacial score (nSPS) is 16.5. The number of hydrogen-bond donors (Lipinski definition) is 1. The standard InChI is InChI=1S/C29H29ClN2O6/c1-6-38-20-9-7-8-17(14-20)26-25(27(33)21-15-22(30)24(37-5)16-23(21)36-4)28(34)29(35)32(26)19-12-10-18(11-13-19)31(2)3/h7-16,26,33H,6H2,1-5H3/b27-25+. The zero-order valence-corrected chi connectivity index (χ0v) is 22.6. The van der Waals surface area contributed by atoms with Crippen LogP contribution in [0, 0.1) is 0 Å². The van der Waals surface area contributed by atoms with Crippen LogP contribution < -0.4 is 24.0 Å². The van der Waals surface area contributed by atoms with Crippen LogP contribution in [-0.4, -0.2) is 51.7 Å². The lowest BCUT2D eigenvalue weighted by molar-refractivity contribution is -0.132. The van der Waals surface area contributed by atoms with E-state index in [1.807, 2.05) is 38.1 Å². The van der Waals surface area contributed by atoms with Gasteiger partial charge in [0.15, 0.2) is 0 Å². The SMILES string of the molecule is CCOc1cccc(C2/C(=C(\O)c3cc(Cl)c(OC)cc3OC)C(=O)C(=O)N2c2ccc(N(C)C)cc2)c1. The Balaban J connectivity index is 1.96. The van der Waals surface area contributed by atoms with Crippen molar-refractivity contribution in [2.45, 2.75) is 13.0 Å². The fraction of sp³-hybridized carbons (Fsp3) is 0.241. The average Bonchev–Trinajstić information content (AvgIpc) is 3.18. The number of anilines is 2. The van der Waals surface area contributed by atoms with Gasteiger partial charge in [-0.05, 0) is 55.0 Å². The molecule has 1 heterocycles. The predicted molar refractivity (Wildman–Crippen MR) is 148 cm³/mol. The molecule has 3 aromatic rings. The van der Waals surface area contributed by atoms with Gasteiger partial charge in [-0.2, -0.15) is 0 Å². The summed E-state index contributed by atoms with van der Waals surface area (Å²) in [6, 6.07) is 16.4. The molecule has 1 fully saturated rings. The van der Waals surface area contributed by atoms with Crippen molar-refractivity contribution >= 4 is 40.4 Å². The largest absolute Gasteiger partial charge is 0.507 e. The Morgan fingerprint density at radius 2 is 1.68 bits per heavy atom. The van der Waals surface area contributed by atoms with Gasteiger partial charge in [-0.15, -0.1) is 0 Å². The van der Waals surface area contributed by atoms with Crippen molar-refractivity contribution in [3.05, 3.63) is 82.4 Å². The third-order valence-corrected chi connectivity index (χ3v) is 6.60. The third kappa shape index (κ3) is 4.87. The Morgan fingerprint density at radius 1 is 1.00 bits per heavy atom. The molecule has 4 rings (SSSR count). The molecule has 8 nitrogen and oxygen atoms in total. The topological polar surface area (TPSA) is 88.5 Å². The van der Waals surface area contributed by atoms with E-state index in [0.29, 0.717) is 29.4 Å². The highest BCUT2D eigenvalue weighted by molar-refractivity contribution is 6.51. The van der Waals surface area contributed by atoms with Gasteiger partial charge in [0.25, 0.3) is 11.7 Å². The number of aliphatic hydroxyl groups is 1. The molecule has 0 saturated carbocycles. The van der Waals surface area contributed by atoms with E-state index in [4.69, 9.17) is 25.8 Å². The van der Waals surface area contributed by atoms with Crippen LogP contribution in [-0.2, 0) is 9.59 Å². The molecule has 0 radical (unpaired) electrons. The van der Waals surface area contributed by atoms with Gasteiger partial charge in [0.2, 0.25) is 0 Å². The van der Waals surface area contributed by atoms with Crippen molar-refractivity contribution in [2.75, 3.05) is 44.7 Å². The number of aliphatic hydroxyl groups excluding tert-OH is 1. The second-order valence-corrected chi connectivity index (χ2v) is 9.18. The minimum Gasteiger partial charge on any atom is -0.507 e. The Hall–Kier alpha value is -4.17. The Labute approximate surface area is 226 Å². The van der Waals surface area contributed by atoms with Crippen molar-refractivity contribution < 1.29 is 28.9 Å². The number of methoxy groups -OCH3 is 2. The molecule has 1 amide bonds. The summed E-state index contributed by atoms with van der Waals surface area (Å²) in [7, 11) is 6.70. The lowest BCUT2D eigenvalue weighted by Gasteiger charge is -2.26. The number of carbonyl (C=O) groups excluding carboxylic acids is 2. The number of ketones is 1. The van der Waals surface area contributed by atoms with E-state index in [0.717, 1.165) is 5.69 Å². The number of amides is 1. The predicted octanol–water partition coefficient (Wildman–Crippen LogP) is 5.45. The van der Waals surface area contributed by atoms with Crippen LogP contribution in [0.25, 0.3) is 5.76 Å². The van der Waals surface area contributed by atoms with E-state index in [-0.39, 0.29) is 21.9 Å². The number of nitrogens with zero attached hydrogens (tertiary/aromatic N) is 2. The van der Waals surface area contributed by atoms with Crippen LogP contribution in [0.2, 0.25) is 5.02 Å². The first-order valence-corrected chi connectivity index (χ1v) is 12.3. The number of benzene rings is 3. The maximum absolute atomic E-state index is 13.5. The number of ether oxygens (including phenoxy) is 3. The summed E-state index contributed by atoms with van der Waals surface area (Å²) in [6.45, 7) is 2.31. The second kappa shape index (κ2) is 11.1. The maximum Gasteiger partial charge on any atom is 0.300 e. The van der Waals surface area contributed by atoms with Crippen molar-refractivity contribution in [3.8, 4) is 17.2 Å². The molecule has 0 aliphatic carbocycles. The van der Waals surface area contributed by atoms with Crippen molar-refractivity contribution in [3.63, 3.8) is 0 Å². The highest BCUT2D eigenvalue weighted by Gasteiger charge is 2.47. The number of hydrogen-bond acceptors (Lipinski definition) is 7. The highest BCUT2D eigenvalue weighted by Crippen LogP contribution is 2.45. The summed E-state index contributed by atoms with van der Waals surface area (Å²) in [6.07, 6.45) is 0. The van der Waals surface area contributed by atoms with E-state index in [9.17, 15) is 14.7 Å². The van der Waals surface area contributed by atoms with Gasteiger partial charge in [0.05, 0.1) is 43.0 Å². The molecule has 38 heavy (non-hydrogen) atoms. The summed E-state index contributed by atoms with van der Waals surface area (Å²) in [5.41, 5.74) is 2.08. The molecule has 3 aromatic carbocycles. The molecule has 198 valence electrons. The van der Waals surface area contributed by atoms with Crippen LogP contribution in [0.3, 0.4) is 0 Å². The molecule has 0 spiro atoms. The minimum absolute atomic E-state index is 0.0973. The molecule has 1 N–H and O–H groups in total. The smallest absolute Gasteiger partial charge is 0.300 e. The van der Waals surface area contributed by atoms with Gasteiger partial charge in [-0.3, -0.25) is 14.5 Å². The van der Waals surface area contributed by atoms with Gasteiger partial charge in [0, 0.05) is 31.5 Å². The number of carbonyl (C=O) groups is 2. The van der Waals surface area contributed by atoms with Gasteiger partial charge < -0.3 is 24.2 Å². The van der Waals surface area contributed by atoms with E-state index < -0.39 is 23.5 Å². The lowest BCUT2D eigenvalue weighted by Crippen LogP contribution is -2.29. The first kappa shape index (κ1) is 26.9. The van der Waals surface area contributed by atoms with Gasteiger partial charge in [0.1, 0.15) is 23.0 Å². The first-order valence-electron chi connectivity index (χ1n) is 11.9. The molecule has 0 aromatic heterocycles. The second-order valence-electron chi connectivity index (χ2n) is 8.77. The van der Waals surface area contributed by atoms with E-state index in [2.05, 4.69) is 0 Å². The zero-order valence-electron chi connectivity index (χ0n) is 21.8. The van der Waals surface area contributed by atoms with Crippen LogP contribution in [0.4, 0.5) is 11.4 Å². The molecule has 0 bridgehead atoms. The monoisotopic (exact) mass is 536 g/mol. The molecule has 1 unspecified atom stereocenters. The quantitative estimate of drug-likeness (QED) is 0.233. The van der Waals surface area contributed by atoms with Crippen LogP contribution >= 0.6 is 11.6 Å². The summed E-state index contributed by atoms with van der Waals surface area (Å²) < 4.78 is 16.4. The summed E-state index contributed by atoms with van der Waals surface area (Å²) in [5.74, 6) is -0.878. The number of halogens is 1. The molecule has 1 saturated heterocycles. The molecule has 1 aliphatic rings.